The van der Waals surface area contributed by atoms with Crippen molar-refractivity contribution in [1.29, 1.82) is 0 Å². The Kier molecular flexibility index (Phi) is 12.5. The maximum Gasteiger partial charge on any atom is 0.341 e. The quantitative estimate of drug-likeness (QED) is 0.298. The Hall–Kier alpha value is -2.33. The molecule has 3 rings (SSSR count). The van der Waals surface area contributed by atoms with Gasteiger partial charge in [-0.2, -0.15) is 0 Å². The molecule has 0 aliphatic heterocycles. The SMILES string of the molecule is Cl.Cl.O=C(O)COc1ccc(S(=O)(=O)c2ccc(CCNCC(O)c3cccc(Cl)c3)cc2)cc1. The molecule has 0 saturated carbocycles. The van der Waals surface area contributed by atoms with Crippen LogP contribution in [0.4, 0.5) is 0 Å². The molecule has 11 heteroatoms. The highest BCUT2D eigenvalue weighted by molar-refractivity contribution is 7.91. The van der Waals surface area contributed by atoms with Crippen LogP contribution in [0, 0.1) is 0 Å². The lowest BCUT2D eigenvalue weighted by atomic mass is 10.1. The van der Waals surface area contributed by atoms with Gasteiger partial charge >= 0.3 is 5.97 Å². The van der Waals surface area contributed by atoms with Gasteiger partial charge in [0, 0.05) is 11.6 Å². The number of hydrogen-bond acceptors (Lipinski definition) is 6. The number of halogens is 3. The number of aliphatic hydroxyl groups is 1. The highest BCUT2D eigenvalue weighted by Crippen LogP contribution is 2.23. The molecule has 7 nitrogen and oxygen atoms in total. The zero-order chi connectivity index (χ0) is 23.8. The van der Waals surface area contributed by atoms with Crippen LogP contribution in [-0.2, 0) is 21.1 Å². The highest BCUT2D eigenvalue weighted by Gasteiger charge is 2.17. The number of aliphatic carboxylic acids is 1. The molecular formula is C24H26Cl3NO6S. The Morgan fingerprint density at radius 2 is 1.57 bits per heavy atom. The summed E-state index contributed by atoms with van der Waals surface area (Å²) >= 11 is 5.94. The van der Waals surface area contributed by atoms with Crippen LogP contribution in [0.5, 0.6) is 5.75 Å². The third-order valence-electron chi connectivity index (χ3n) is 4.89. The number of aliphatic hydroxyl groups excluding tert-OH is 1. The lowest BCUT2D eigenvalue weighted by Gasteiger charge is -2.13. The third-order valence-corrected chi connectivity index (χ3v) is 6.91. The standard InChI is InChI=1S/C24H24ClNO6S.2ClH/c25-19-3-1-2-18(14-19)23(27)15-26-13-12-17-4-8-21(9-5-17)33(30,31)22-10-6-20(7-11-22)32-16-24(28)29;;/h1-11,14,23,26-27H,12-13,15-16H2,(H,28,29);2*1H. The van der Waals surface area contributed by atoms with E-state index in [2.05, 4.69) is 5.32 Å². The van der Waals surface area contributed by atoms with Crippen LogP contribution in [0.25, 0.3) is 0 Å². The lowest BCUT2D eigenvalue weighted by molar-refractivity contribution is -0.139. The van der Waals surface area contributed by atoms with E-state index in [0.29, 0.717) is 24.5 Å². The minimum Gasteiger partial charge on any atom is -0.482 e. The van der Waals surface area contributed by atoms with E-state index >= 15 is 0 Å². The zero-order valence-electron chi connectivity index (χ0n) is 18.5. The third kappa shape index (κ3) is 9.00. The van der Waals surface area contributed by atoms with Gasteiger partial charge in [0.05, 0.1) is 15.9 Å². The van der Waals surface area contributed by atoms with Crippen molar-refractivity contribution in [2.24, 2.45) is 0 Å². The van der Waals surface area contributed by atoms with Crippen molar-refractivity contribution in [3.05, 3.63) is 88.9 Å². The van der Waals surface area contributed by atoms with Gasteiger partial charge in [-0.25, -0.2) is 13.2 Å². The summed E-state index contributed by atoms with van der Waals surface area (Å²) in [6.45, 7) is 0.489. The van der Waals surface area contributed by atoms with Crippen LogP contribution >= 0.6 is 36.4 Å². The Morgan fingerprint density at radius 1 is 0.971 bits per heavy atom. The molecule has 3 aromatic carbocycles. The largest absolute Gasteiger partial charge is 0.482 e. The van der Waals surface area contributed by atoms with E-state index in [0.717, 1.165) is 11.1 Å². The van der Waals surface area contributed by atoms with Gasteiger partial charge in [-0.05, 0) is 72.6 Å². The molecule has 0 fully saturated rings. The van der Waals surface area contributed by atoms with Gasteiger partial charge in [0.15, 0.2) is 6.61 Å². The molecule has 0 saturated heterocycles. The number of nitrogens with one attached hydrogen (secondary N) is 1. The van der Waals surface area contributed by atoms with Crippen LogP contribution in [0.3, 0.4) is 0 Å². The molecular weight excluding hydrogens is 537 g/mol. The fraction of sp³-hybridized carbons (Fsp3) is 0.208. The van der Waals surface area contributed by atoms with E-state index in [9.17, 15) is 18.3 Å². The maximum absolute atomic E-state index is 12.8. The molecule has 0 aliphatic carbocycles. The van der Waals surface area contributed by atoms with Crippen molar-refractivity contribution in [3.63, 3.8) is 0 Å². The molecule has 35 heavy (non-hydrogen) atoms. The van der Waals surface area contributed by atoms with E-state index in [4.69, 9.17) is 21.4 Å². The van der Waals surface area contributed by atoms with Crippen LogP contribution in [0.1, 0.15) is 17.2 Å². The molecule has 0 radical (unpaired) electrons. The van der Waals surface area contributed by atoms with Crippen molar-refractivity contribution < 1.29 is 28.2 Å². The van der Waals surface area contributed by atoms with E-state index in [1.807, 2.05) is 6.07 Å². The predicted octanol–water partition coefficient (Wildman–Crippen LogP) is 4.35. The van der Waals surface area contributed by atoms with Crippen LogP contribution < -0.4 is 10.1 Å². The average Bonchev–Trinajstić information content (AvgIpc) is 2.81. The van der Waals surface area contributed by atoms with Crippen molar-refractivity contribution in [2.75, 3.05) is 19.7 Å². The molecule has 1 atom stereocenters. The van der Waals surface area contributed by atoms with Crippen LogP contribution in [0.2, 0.25) is 5.02 Å². The molecule has 3 N–H and O–H groups in total. The predicted molar refractivity (Wildman–Crippen MR) is 139 cm³/mol. The van der Waals surface area contributed by atoms with Gasteiger partial charge in [-0.3, -0.25) is 0 Å². The number of ether oxygens (including phenoxy) is 1. The number of rotatable bonds is 11. The van der Waals surface area contributed by atoms with Crippen LogP contribution in [-0.4, -0.2) is 44.3 Å². The summed E-state index contributed by atoms with van der Waals surface area (Å²) in [5, 5.41) is 22.6. The smallest absolute Gasteiger partial charge is 0.341 e. The van der Waals surface area contributed by atoms with Crippen molar-refractivity contribution >= 4 is 52.2 Å². The molecule has 3 aromatic rings. The summed E-state index contributed by atoms with van der Waals surface area (Å²) in [5.41, 5.74) is 1.70. The zero-order valence-corrected chi connectivity index (χ0v) is 21.7. The van der Waals surface area contributed by atoms with Gasteiger partial charge in [0.2, 0.25) is 9.84 Å². The molecule has 0 aromatic heterocycles. The van der Waals surface area contributed by atoms with E-state index in [-0.39, 0.29) is 40.4 Å². The van der Waals surface area contributed by atoms with Gasteiger partial charge in [-0.15, -0.1) is 24.8 Å². The first-order chi connectivity index (χ1) is 15.8. The Bertz CT molecular complexity index is 1190. The number of carbonyl (C=O) groups is 1. The van der Waals surface area contributed by atoms with Crippen molar-refractivity contribution in [3.8, 4) is 5.75 Å². The fourth-order valence-electron chi connectivity index (χ4n) is 3.13. The monoisotopic (exact) mass is 561 g/mol. The summed E-state index contributed by atoms with van der Waals surface area (Å²) in [6, 6.07) is 19.3. The molecule has 0 amide bonds. The first kappa shape index (κ1) is 30.7. The molecule has 190 valence electrons. The second-order valence-corrected chi connectivity index (χ2v) is 9.71. The summed E-state index contributed by atoms with van der Waals surface area (Å²) in [6.07, 6.45) is -0.00443. The van der Waals surface area contributed by atoms with Gasteiger partial charge in [0.1, 0.15) is 5.75 Å². The summed E-state index contributed by atoms with van der Waals surface area (Å²) in [4.78, 5) is 10.8. The number of carboxylic acid groups (broad SMARTS) is 1. The second-order valence-electron chi connectivity index (χ2n) is 7.33. The van der Waals surface area contributed by atoms with E-state index < -0.39 is 28.5 Å². The van der Waals surface area contributed by atoms with Crippen LogP contribution in [0.15, 0.2) is 82.6 Å². The molecule has 0 spiro atoms. The minimum atomic E-state index is -3.71. The number of sulfone groups is 1. The summed E-state index contributed by atoms with van der Waals surface area (Å²) in [7, 11) is -3.71. The van der Waals surface area contributed by atoms with Gasteiger partial charge < -0.3 is 20.3 Å². The molecule has 0 aliphatic rings. The van der Waals surface area contributed by atoms with Crippen molar-refractivity contribution in [1.82, 2.24) is 5.32 Å². The van der Waals surface area contributed by atoms with E-state index in [1.165, 1.54) is 24.3 Å². The lowest BCUT2D eigenvalue weighted by Crippen LogP contribution is -2.23. The Labute approximate surface area is 221 Å². The molecule has 1 unspecified atom stereocenters. The van der Waals surface area contributed by atoms with Crippen molar-refractivity contribution in [2.45, 2.75) is 22.3 Å². The Balaban J connectivity index is 0.00000306. The van der Waals surface area contributed by atoms with E-state index in [1.54, 1.807) is 42.5 Å². The summed E-state index contributed by atoms with van der Waals surface area (Å²) < 4.78 is 30.7. The highest BCUT2D eigenvalue weighted by atomic mass is 35.5. The van der Waals surface area contributed by atoms with Gasteiger partial charge in [0.25, 0.3) is 0 Å². The normalized spacial score (nSPS) is 11.6. The molecule has 0 heterocycles. The minimum absolute atomic E-state index is 0. The maximum atomic E-state index is 12.8. The number of carboxylic acids is 1. The second kappa shape index (κ2) is 14.3. The first-order valence-corrected chi connectivity index (χ1v) is 12.0. The average molecular weight is 563 g/mol. The van der Waals surface area contributed by atoms with Gasteiger partial charge in [-0.1, -0.05) is 35.9 Å². The first-order valence-electron chi connectivity index (χ1n) is 10.2. The topological polar surface area (TPSA) is 113 Å². The fourth-order valence-corrected chi connectivity index (χ4v) is 4.59. The number of benzene rings is 3. The summed E-state index contributed by atoms with van der Waals surface area (Å²) in [5.74, 6) is -0.834. The number of hydrogen-bond donors (Lipinski definition) is 3. The molecule has 0 bridgehead atoms. The Morgan fingerprint density at radius 3 is 2.14 bits per heavy atom.